The Morgan fingerprint density at radius 1 is 1.00 bits per heavy atom. The van der Waals surface area contributed by atoms with Crippen LogP contribution in [0, 0.1) is 9.41 Å². The highest BCUT2D eigenvalue weighted by atomic mass is 32.1. The fourth-order valence-electron chi connectivity index (χ4n) is 3.04. The van der Waals surface area contributed by atoms with Gasteiger partial charge in [-0.2, -0.15) is 0 Å². The summed E-state index contributed by atoms with van der Waals surface area (Å²) in [5, 5.41) is 0. The van der Waals surface area contributed by atoms with E-state index < -0.39 is 0 Å². The molecule has 6 heteroatoms. The van der Waals surface area contributed by atoms with Crippen LogP contribution in [0.25, 0.3) is 0 Å². The maximum Gasteiger partial charge on any atom is 0.206 e. The van der Waals surface area contributed by atoms with E-state index in [0.29, 0.717) is 15.3 Å². The van der Waals surface area contributed by atoms with Gasteiger partial charge in [0.05, 0.1) is 12.7 Å². The zero-order valence-electron chi connectivity index (χ0n) is 12.8. The number of hydrogen-bond acceptors (Lipinski definition) is 4. The molecule has 1 aliphatic heterocycles. The summed E-state index contributed by atoms with van der Waals surface area (Å²) in [6, 6.07) is 16.0. The van der Waals surface area contributed by atoms with Gasteiger partial charge in [0.1, 0.15) is 16.1 Å². The number of nitrogens with one attached hydrogen (secondary N) is 2. The molecule has 0 aliphatic carbocycles. The highest BCUT2D eigenvalue weighted by molar-refractivity contribution is 7.72. The monoisotopic (exact) mass is 354 g/mol. The molecule has 1 atom stereocenters. The van der Waals surface area contributed by atoms with Gasteiger partial charge in [0.25, 0.3) is 0 Å². The van der Waals surface area contributed by atoms with Crippen LogP contribution in [-0.4, -0.2) is 17.1 Å². The number of methoxy groups -OCH3 is 1. The summed E-state index contributed by atoms with van der Waals surface area (Å²) in [6.45, 7) is 0. The molecule has 0 saturated heterocycles. The van der Waals surface area contributed by atoms with Gasteiger partial charge in [0.15, 0.2) is 4.77 Å². The first-order chi connectivity index (χ1) is 11.7. The van der Waals surface area contributed by atoms with Gasteiger partial charge < -0.3 is 19.4 Å². The zero-order valence-corrected chi connectivity index (χ0v) is 14.5. The minimum Gasteiger partial charge on any atom is -0.497 e. The van der Waals surface area contributed by atoms with Gasteiger partial charge in [-0.05, 0) is 36.0 Å². The molecule has 1 unspecified atom stereocenters. The molecular formula is C18H14N2O2S2. The van der Waals surface area contributed by atoms with E-state index in [1.165, 1.54) is 0 Å². The normalized spacial score (nSPS) is 15.1. The number of hydrogen-bond donors (Lipinski definition) is 2. The zero-order chi connectivity index (χ0) is 16.7. The summed E-state index contributed by atoms with van der Waals surface area (Å²) in [4.78, 5) is 6.10. The summed E-state index contributed by atoms with van der Waals surface area (Å²) in [7, 11) is 1.66. The molecule has 2 N–H and O–H groups in total. The van der Waals surface area contributed by atoms with Crippen molar-refractivity contribution in [2.24, 2.45) is 0 Å². The molecule has 24 heavy (non-hydrogen) atoms. The number of aromatic amines is 2. The van der Waals surface area contributed by atoms with Crippen LogP contribution < -0.4 is 9.47 Å². The van der Waals surface area contributed by atoms with Gasteiger partial charge in [-0.3, -0.25) is 0 Å². The molecule has 0 amide bonds. The Hall–Kier alpha value is -2.44. The van der Waals surface area contributed by atoms with E-state index >= 15 is 0 Å². The molecule has 0 bridgehead atoms. The Morgan fingerprint density at radius 2 is 1.75 bits per heavy atom. The fraction of sp³-hybridized carbons (Fsp3) is 0.111. The standard InChI is InChI=1S/C18H14N2O2S2/c1-21-11-8-6-10(7-9-11)14-12-4-2-3-5-13(12)22-16-15(14)17(23)20-18(24)19-16/h2-9,14H,1H3,(H2,19,20,23,24). The third kappa shape index (κ3) is 2.44. The largest absolute Gasteiger partial charge is 0.497 e. The van der Waals surface area contributed by atoms with Crippen molar-refractivity contribution < 1.29 is 9.47 Å². The predicted molar refractivity (Wildman–Crippen MR) is 97.3 cm³/mol. The molecular weight excluding hydrogens is 340 g/mol. The van der Waals surface area contributed by atoms with Crippen molar-refractivity contribution in [2.75, 3.05) is 7.11 Å². The van der Waals surface area contributed by atoms with Crippen LogP contribution in [0.1, 0.15) is 22.6 Å². The van der Waals surface area contributed by atoms with Crippen molar-refractivity contribution >= 4 is 24.4 Å². The van der Waals surface area contributed by atoms with Crippen molar-refractivity contribution in [3.63, 3.8) is 0 Å². The molecule has 1 aliphatic rings. The highest BCUT2D eigenvalue weighted by Crippen LogP contribution is 2.46. The van der Waals surface area contributed by atoms with E-state index in [0.717, 1.165) is 28.2 Å². The van der Waals surface area contributed by atoms with Crippen molar-refractivity contribution in [1.29, 1.82) is 0 Å². The van der Waals surface area contributed by atoms with E-state index in [2.05, 4.69) is 16.0 Å². The quantitative estimate of drug-likeness (QED) is 0.492. The number of aromatic nitrogens is 2. The Kier molecular flexibility index (Phi) is 3.70. The average Bonchev–Trinajstić information content (AvgIpc) is 2.60. The second kappa shape index (κ2) is 5.89. The molecule has 2 heterocycles. The lowest BCUT2D eigenvalue weighted by atomic mass is 9.84. The van der Waals surface area contributed by atoms with Crippen LogP contribution in [0.5, 0.6) is 17.4 Å². The molecule has 0 radical (unpaired) electrons. The number of H-pyrrole nitrogens is 2. The first kappa shape index (κ1) is 15.1. The van der Waals surface area contributed by atoms with E-state index in [4.69, 9.17) is 33.9 Å². The van der Waals surface area contributed by atoms with Crippen molar-refractivity contribution in [1.82, 2.24) is 9.97 Å². The number of benzene rings is 2. The Morgan fingerprint density at radius 3 is 2.50 bits per heavy atom. The van der Waals surface area contributed by atoms with E-state index in [1.807, 2.05) is 42.5 Å². The van der Waals surface area contributed by atoms with Gasteiger partial charge in [-0.1, -0.05) is 42.5 Å². The van der Waals surface area contributed by atoms with E-state index in [-0.39, 0.29) is 5.92 Å². The first-order valence-electron chi connectivity index (χ1n) is 7.44. The van der Waals surface area contributed by atoms with Crippen LogP contribution in [0.15, 0.2) is 48.5 Å². The number of rotatable bonds is 2. The number of fused-ring (bicyclic) bond motifs is 2. The lowest BCUT2D eigenvalue weighted by molar-refractivity contribution is 0.414. The Labute approximate surface area is 149 Å². The van der Waals surface area contributed by atoms with E-state index in [9.17, 15) is 0 Å². The Bertz CT molecular complexity index is 1020. The number of ether oxygens (including phenoxy) is 2. The summed E-state index contributed by atoms with van der Waals surface area (Å²) >= 11 is 10.7. The van der Waals surface area contributed by atoms with Gasteiger partial charge in [0, 0.05) is 11.5 Å². The molecule has 0 saturated carbocycles. The number of para-hydroxylation sites is 1. The fourth-order valence-corrected chi connectivity index (χ4v) is 3.61. The van der Waals surface area contributed by atoms with Gasteiger partial charge in [0.2, 0.25) is 5.88 Å². The second-order valence-corrected chi connectivity index (χ2v) is 6.31. The highest BCUT2D eigenvalue weighted by Gasteiger charge is 2.30. The minimum absolute atomic E-state index is 0.0357. The smallest absolute Gasteiger partial charge is 0.206 e. The average molecular weight is 354 g/mol. The molecule has 4 nitrogen and oxygen atoms in total. The van der Waals surface area contributed by atoms with Crippen LogP contribution in [0.4, 0.5) is 0 Å². The predicted octanol–water partition coefficient (Wildman–Crippen LogP) is 5.10. The third-order valence-corrected chi connectivity index (χ3v) is 4.65. The lowest BCUT2D eigenvalue weighted by Gasteiger charge is -2.28. The molecule has 0 fully saturated rings. The maximum atomic E-state index is 6.00. The van der Waals surface area contributed by atoms with Crippen LogP contribution >= 0.6 is 24.4 Å². The van der Waals surface area contributed by atoms with Gasteiger partial charge in [-0.15, -0.1) is 0 Å². The minimum atomic E-state index is -0.0357. The van der Waals surface area contributed by atoms with Crippen LogP contribution in [-0.2, 0) is 0 Å². The summed E-state index contributed by atoms with van der Waals surface area (Å²) in [5.41, 5.74) is 3.07. The first-order valence-corrected chi connectivity index (χ1v) is 8.26. The maximum absolute atomic E-state index is 6.00. The SMILES string of the molecule is COc1ccc(C2c3ccccc3Oc3[nH]c(=S)[nH]c(=S)c32)cc1. The molecule has 3 aromatic rings. The third-order valence-electron chi connectivity index (χ3n) is 4.12. The van der Waals surface area contributed by atoms with Gasteiger partial charge >= 0.3 is 0 Å². The molecule has 120 valence electrons. The summed E-state index contributed by atoms with van der Waals surface area (Å²) in [6.07, 6.45) is 0. The van der Waals surface area contributed by atoms with Crippen LogP contribution in [0.2, 0.25) is 0 Å². The molecule has 2 aromatic carbocycles. The molecule has 4 rings (SSSR count). The van der Waals surface area contributed by atoms with Crippen molar-refractivity contribution in [3.8, 4) is 17.4 Å². The topological polar surface area (TPSA) is 50.0 Å². The molecule has 1 aromatic heterocycles. The van der Waals surface area contributed by atoms with Crippen molar-refractivity contribution in [2.45, 2.75) is 5.92 Å². The Balaban J connectivity index is 1.98. The van der Waals surface area contributed by atoms with Gasteiger partial charge in [-0.25, -0.2) is 0 Å². The van der Waals surface area contributed by atoms with E-state index in [1.54, 1.807) is 7.11 Å². The molecule has 0 spiro atoms. The lowest BCUT2D eigenvalue weighted by Crippen LogP contribution is -2.14. The summed E-state index contributed by atoms with van der Waals surface area (Å²) in [5.74, 6) is 2.18. The van der Waals surface area contributed by atoms with Crippen molar-refractivity contribution in [3.05, 3.63) is 74.6 Å². The second-order valence-electron chi connectivity index (χ2n) is 5.50. The summed E-state index contributed by atoms with van der Waals surface area (Å²) < 4.78 is 12.3. The van der Waals surface area contributed by atoms with Crippen LogP contribution in [0.3, 0.4) is 0 Å².